The third kappa shape index (κ3) is 7.76. The van der Waals surface area contributed by atoms with Gasteiger partial charge in [-0.3, -0.25) is 0 Å². The van der Waals surface area contributed by atoms with Crippen molar-refractivity contribution in [1.29, 1.82) is 0 Å². The average molecular weight is 466 g/mol. The summed E-state index contributed by atoms with van der Waals surface area (Å²) in [6.45, 7) is 10.5. The number of alkyl halides is 3. The Kier molecular flexibility index (Phi) is 9.74. The Balaban J connectivity index is 0.000000735. The van der Waals surface area contributed by atoms with Crippen LogP contribution in [0.1, 0.15) is 78.5 Å². The van der Waals surface area contributed by atoms with Crippen molar-refractivity contribution < 1.29 is 19.3 Å². The summed E-state index contributed by atoms with van der Waals surface area (Å²) in [4.78, 5) is 9.49. The van der Waals surface area contributed by atoms with Gasteiger partial charge in [0.1, 0.15) is 17.4 Å². The van der Waals surface area contributed by atoms with E-state index in [4.69, 9.17) is 9.97 Å². The van der Waals surface area contributed by atoms with Gasteiger partial charge in [0.05, 0.1) is 5.69 Å². The molecule has 0 saturated heterocycles. The maximum atomic E-state index is 12.4. The zero-order chi connectivity index (χ0) is 24.6. The van der Waals surface area contributed by atoms with Crippen molar-refractivity contribution in [3.8, 4) is 17.0 Å². The summed E-state index contributed by atoms with van der Waals surface area (Å²) < 4.78 is 41.0. The minimum atomic E-state index is -4.70. The minimum absolute atomic E-state index is 0. The standard InChI is InChI=1S/C20H24F3N3O.C6H12.H2/c1-4-13-5-6-15(11-13)19-25-17(12(2)18(24-3)26-19)14-7-9-16(10-8-14)27-20(21,22)23;1-4-6(3)5-2;/h7-10,13,15H,4-6,11H2,1-3H3,(H,24,25,26);4H,5H2,1-3H3;1H/b;6-4+;. The number of rotatable bonds is 6. The molecule has 0 spiro atoms. The molecule has 1 N–H and O–H groups in total. The highest BCUT2D eigenvalue weighted by molar-refractivity contribution is 5.68. The second kappa shape index (κ2) is 12.1. The van der Waals surface area contributed by atoms with Crippen LogP contribution in [0.4, 0.5) is 19.0 Å². The van der Waals surface area contributed by atoms with E-state index in [1.165, 1.54) is 30.5 Å². The summed E-state index contributed by atoms with van der Waals surface area (Å²) in [6, 6.07) is 5.82. The molecule has 7 heteroatoms. The van der Waals surface area contributed by atoms with Crippen LogP contribution in [0.15, 0.2) is 35.9 Å². The molecule has 1 aliphatic rings. The van der Waals surface area contributed by atoms with Crippen molar-refractivity contribution in [1.82, 2.24) is 9.97 Å². The maximum absolute atomic E-state index is 12.4. The Bertz CT molecular complexity index is 930. The van der Waals surface area contributed by atoms with Crippen molar-refractivity contribution in [3.05, 3.63) is 47.3 Å². The fourth-order valence-electron chi connectivity index (χ4n) is 3.94. The van der Waals surface area contributed by atoms with Crippen molar-refractivity contribution in [2.75, 3.05) is 12.4 Å². The lowest BCUT2D eigenvalue weighted by Crippen LogP contribution is -2.17. The van der Waals surface area contributed by atoms with Crippen LogP contribution >= 0.6 is 0 Å². The lowest BCUT2D eigenvalue weighted by Gasteiger charge is -2.16. The van der Waals surface area contributed by atoms with Crippen molar-refractivity contribution in [2.24, 2.45) is 5.92 Å². The SMILES string of the molecule is C/C=C(\C)CC.CCC1CCC(c2nc(NC)c(C)c(-c3ccc(OC(F)(F)F)cc3)n2)C1.[HH]. The number of allylic oxidation sites excluding steroid dienone is 2. The maximum Gasteiger partial charge on any atom is 0.573 e. The second-order valence-corrected chi connectivity index (χ2v) is 8.50. The fourth-order valence-corrected chi connectivity index (χ4v) is 3.94. The highest BCUT2D eigenvalue weighted by Gasteiger charge is 2.31. The largest absolute Gasteiger partial charge is 0.573 e. The van der Waals surface area contributed by atoms with Crippen molar-refractivity contribution in [2.45, 2.75) is 79.0 Å². The summed E-state index contributed by atoms with van der Waals surface area (Å²) >= 11 is 0. The Labute approximate surface area is 197 Å². The first-order valence-corrected chi connectivity index (χ1v) is 11.7. The van der Waals surface area contributed by atoms with Gasteiger partial charge in [0.15, 0.2) is 0 Å². The quantitative estimate of drug-likeness (QED) is 0.436. The molecule has 33 heavy (non-hydrogen) atoms. The molecule has 0 amide bonds. The van der Waals surface area contributed by atoms with Crippen LogP contribution in [0.25, 0.3) is 11.3 Å². The summed E-state index contributed by atoms with van der Waals surface area (Å²) in [5.74, 6) is 2.36. The highest BCUT2D eigenvalue weighted by Crippen LogP contribution is 2.40. The van der Waals surface area contributed by atoms with E-state index >= 15 is 0 Å². The molecule has 1 aromatic heterocycles. The number of hydrogen-bond acceptors (Lipinski definition) is 4. The number of ether oxygens (including phenoxy) is 1. The first kappa shape index (κ1) is 26.7. The van der Waals surface area contributed by atoms with Gasteiger partial charge in [-0.2, -0.15) is 0 Å². The fraction of sp³-hybridized carbons (Fsp3) is 0.538. The first-order chi connectivity index (χ1) is 15.6. The molecule has 3 rings (SSSR count). The van der Waals surface area contributed by atoms with Crippen LogP contribution in [-0.4, -0.2) is 23.4 Å². The van der Waals surface area contributed by atoms with Crippen molar-refractivity contribution in [3.63, 3.8) is 0 Å². The van der Waals surface area contributed by atoms with Crippen LogP contribution in [0, 0.1) is 12.8 Å². The van der Waals surface area contributed by atoms with E-state index in [2.05, 4.69) is 43.8 Å². The Hall–Kier alpha value is -2.57. The van der Waals surface area contributed by atoms with E-state index in [0.717, 1.165) is 47.7 Å². The third-order valence-electron chi connectivity index (χ3n) is 6.30. The van der Waals surface area contributed by atoms with Crippen LogP contribution in [0.3, 0.4) is 0 Å². The molecule has 2 aromatic rings. The van der Waals surface area contributed by atoms with Crippen molar-refractivity contribution >= 4 is 5.82 Å². The zero-order valence-corrected chi connectivity index (χ0v) is 20.5. The van der Waals surface area contributed by atoms with Crippen LogP contribution in [0.5, 0.6) is 5.75 Å². The first-order valence-electron chi connectivity index (χ1n) is 11.7. The molecule has 1 heterocycles. The van der Waals surface area contributed by atoms with Gasteiger partial charge in [-0.05, 0) is 76.6 Å². The lowest BCUT2D eigenvalue weighted by atomic mass is 10.0. The van der Waals surface area contributed by atoms with Gasteiger partial charge >= 0.3 is 6.36 Å². The molecule has 2 atom stereocenters. The van der Waals surface area contributed by atoms with Crippen LogP contribution < -0.4 is 10.1 Å². The predicted octanol–water partition coefficient (Wildman–Crippen LogP) is 8.29. The van der Waals surface area contributed by atoms with Gasteiger partial charge in [0, 0.05) is 25.5 Å². The highest BCUT2D eigenvalue weighted by atomic mass is 19.4. The molecule has 1 aromatic carbocycles. The number of nitrogens with one attached hydrogen (secondary N) is 1. The number of nitrogens with zero attached hydrogens (tertiary/aromatic N) is 2. The van der Waals surface area contributed by atoms with Gasteiger partial charge in [-0.1, -0.05) is 31.9 Å². The molecule has 2 unspecified atom stereocenters. The Morgan fingerprint density at radius 1 is 1.18 bits per heavy atom. The van der Waals surface area contributed by atoms with Crippen LogP contribution in [-0.2, 0) is 0 Å². The molecule has 184 valence electrons. The van der Waals surface area contributed by atoms with E-state index < -0.39 is 6.36 Å². The molecule has 1 saturated carbocycles. The third-order valence-corrected chi connectivity index (χ3v) is 6.30. The number of hydrogen-bond donors (Lipinski definition) is 1. The Morgan fingerprint density at radius 2 is 1.85 bits per heavy atom. The summed E-state index contributed by atoms with van der Waals surface area (Å²) in [7, 11) is 1.81. The van der Waals surface area contributed by atoms with Gasteiger partial charge in [0.25, 0.3) is 0 Å². The van der Waals surface area contributed by atoms with E-state index in [1.807, 2.05) is 14.0 Å². The minimum Gasteiger partial charge on any atom is -0.406 e. The van der Waals surface area contributed by atoms with Gasteiger partial charge in [-0.25, -0.2) is 9.97 Å². The van der Waals surface area contributed by atoms with E-state index in [0.29, 0.717) is 11.8 Å². The molecule has 1 aliphatic carbocycles. The molecular weight excluding hydrogens is 427 g/mol. The lowest BCUT2D eigenvalue weighted by molar-refractivity contribution is -0.274. The zero-order valence-electron chi connectivity index (χ0n) is 20.5. The number of benzene rings is 1. The molecular formula is C26H38F3N3O. The van der Waals surface area contributed by atoms with Gasteiger partial charge in [0.2, 0.25) is 0 Å². The molecule has 0 bridgehead atoms. The molecule has 1 fully saturated rings. The monoisotopic (exact) mass is 465 g/mol. The summed E-state index contributed by atoms with van der Waals surface area (Å²) in [6.07, 6.45) is 3.14. The normalized spacial score (nSPS) is 18.5. The van der Waals surface area contributed by atoms with E-state index in [-0.39, 0.29) is 7.18 Å². The number of anilines is 1. The number of halogens is 3. The molecule has 0 radical (unpaired) electrons. The average Bonchev–Trinajstić information content (AvgIpc) is 3.28. The van der Waals surface area contributed by atoms with E-state index in [1.54, 1.807) is 12.1 Å². The predicted molar refractivity (Wildman–Crippen MR) is 131 cm³/mol. The Morgan fingerprint density at radius 3 is 2.30 bits per heavy atom. The topological polar surface area (TPSA) is 47.0 Å². The molecule has 0 aliphatic heterocycles. The van der Waals surface area contributed by atoms with E-state index in [9.17, 15) is 13.2 Å². The smallest absolute Gasteiger partial charge is 0.406 e. The summed E-state index contributed by atoms with van der Waals surface area (Å²) in [5, 5.41) is 3.11. The number of aromatic nitrogens is 2. The summed E-state index contributed by atoms with van der Waals surface area (Å²) in [5.41, 5.74) is 3.82. The van der Waals surface area contributed by atoms with Gasteiger partial charge in [-0.15, -0.1) is 13.2 Å². The second-order valence-electron chi connectivity index (χ2n) is 8.50. The van der Waals surface area contributed by atoms with Gasteiger partial charge < -0.3 is 10.1 Å². The molecule has 4 nitrogen and oxygen atoms in total. The van der Waals surface area contributed by atoms with Crippen LogP contribution in [0.2, 0.25) is 0 Å².